The minimum Gasteiger partial charge on any atom is -0.351 e. The molecule has 2 N–H and O–H groups in total. The van der Waals surface area contributed by atoms with Crippen LogP contribution in [0.15, 0.2) is 18.2 Å². The zero-order chi connectivity index (χ0) is 16.1. The monoisotopic (exact) mass is 320 g/mol. The molecule has 0 spiro atoms. The molecular weight excluding hydrogens is 300 g/mol. The van der Waals surface area contributed by atoms with Crippen molar-refractivity contribution in [3.8, 4) is 0 Å². The number of benzene rings is 1. The predicted molar refractivity (Wildman–Crippen MR) is 86.9 cm³/mol. The van der Waals surface area contributed by atoms with E-state index in [0.29, 0.717) is 12.1 Å². The lowest BCUT2D eigenvalue weighted by Gasteiger charge is -2.23. The van der Waals surface area contributed by atoms with Gasteiger partial charge in [0.25, 0.3) is 5.91 Å². The van der Waals surface area contributed by atoms with E-state index >= 15 is 0 Å². The zero-order valence-corrected chi connectivity index (χ0v) is 13.8. The molecule has 118 valence electrons. The quantitative estimate of drug-likeness (QED) is 0.889. The minimum absolute atomic E-state index is 0.00407. The maximum absolute atomic E-state index is 12.4. The van der Waals surface area contributed by atoms with Crippen molar-refractivity contribution in [1.82, 2.24) is 10.3 Å². The summed E-state index contributed by atoms with van der Waals surface area (Å²) in [6.45, 7) is 5.81. The van der Waals surface area contributed by atoms with E-state index < -0.39 is 15.4 Å². The summed E-state index contributed by atoms with van der Waals surface area (Å²) < 4.78 is 23.3. The van der Waals surface area contributed by atoms with Crippen molar-refractivity contribution < 1.29 is 13.2 Å². The zero-order valence-electron chi connectivity index (χ0n) is 13.0. The van der Waals surface area contributed by atoms with Crippen LogP contribution in [0.25, 0.3) is 10.9 Å². The van der Waals surface area contributed by atoms with Crippen LogP contribution in [-0.2, 0) is 9.84 Å². The Labute approximate surface area is 130 Å². The molecule has 5 nitrogen and oxygen atoms in total. The molecule has 2 heterocycles. The predicted octanol–water partition coefficient (Wildman–Crippen LogP) is 2.09. The van der Waals surface area contributed by atoms with E-state index in [9.17, 15) is 13.2 Å². The number of fused-ring (bicyclic) bond motifs is 1. The van der Waals surface area contributed by atoms with Gasteiger partial charge >= 0.3 is 0 Å². The fraction of sp³-hybridized carbons (Fsp3) is 0.438. The summed E-state index contributed by atoms with van der Waals surface area (Å²) in [6, 6.07) is 5.90. The summed E-state index contributed by atoms with van der Waals surface area (Å²) in [7, 11) is -3.04. The third kappa shape index (κ3) is 2.75. The van der Waals surface area contributed by atoms with Crippen molar-refractivity contribution in [2.24, 2.45) is 0 Å². The number of aromatic amines is 1. The lowest BCUT2D eigenvalue weighted by Crippen LogP contribution is -2.47. The molecule has 0 saturated carbocycles. The van der Waals surface area contributed by atoms with E-state index in [2.05, 4.69) is 16.4 Å². The Balaban J connectivity index is 1.88. The highest BCUT2D eigenvalue weighted by Crippen LogP contribution is 2.25. The number of hydrogen-bond acceptors (Lipinski definition) is 3. The maximum atomic E-state index is 12.4. The molecular formula is C16H20N2O3S. The highest BCUT2D eigenvalue weighted by atomic mass is 32.2. The van der Waals surface area contributed by atoms with Crippen LogP contribution in [0.3, 0.4) is 0 Å². The van der Waals surface area contributed by atoms with Crippen LogP contribution >= 0.6 is 0 Å². The molecule has 1 aromatic heterocycles. The molecule has 0 unspecified atom stereocenters. The summed E-state index contributed by atoms with van der Waals surface area (Å²) in [5.41, 5.74) is 2.95. The summed E-state index contributed by atoms with van der Waals surface area (Å²) in [5.74, 6) is -0.119. The van der Waals surface area contributed by atoms with Gasteiger partial charge < -0.3 is 10.3 Å². The first-order valence-electron chi connectivity index (χ1n) is 7.30. The fourth-order valence-corrected chi connectivity index (χ4v) is 5.27. The van der Waals surface area contributed by atoms with Crippen LogP contribution in [0.1, 0.15) is 35.0 Å². The number of hydrogen-bond donors (Lipinski definition) is 2. The Hall–Kier alpha value is -1.82. The van der Waals surface area contributed by atoms with Crippen molar-refractivity contribution in [2.75, 3.05) is 11.5 Å². The number of aromatic nitrogens is 1. The van der Waals surface area contributed by atoms with Gasteiger partial charge in [-0.25, -0.2) is 8.42 Å². The Kier molecular flexibility index (Phi) is 3.32. The molecule has 0 aliphatic carbocycles. The number of nitrogens with one attached hydrogen (secondary N) is 2. The number of rotatable bonds is 2. The molecule has 1 aromatic carbocycles. The number of carbonyl (C=O) groups is 1. The molecule has 2 aromatic rings. The SMILES string of the molecule is Cc1cc(C)c2cc(C(=O)N[C@]3(C)CCS(=O)(=O)C3)[nH]c2c1. The summed E-state index contributed by atoms with van der Waals surface area (Å²) in [6.07, 6.45) is 0.458. The smallest absolute Gasteiger partial charge is 0.268 e. The van der Waals surface area contributed by atoms with Gasteiger partial charge in [-0.05, 0) is 50.5 Å². The molecule has 0 bridgehead atoms. The summed E-state index contributed by atoms with van der Waals surface area (Å²) >= 11 is 0. The fourth-order valence-electron chi connectivity index (χ4n) is 3.17. The van der Waals surface area contributed by atoms with Crippen LogP contribution < -0.4 is 5.32 Å². The van der Waals surface area contributed by atoms with E-state index in [0.717, 1.165) is 22.0 Å². The first-order valence-corrected chi connectivity index (χ1v) is 9.13. The highest BCUT2D eigenvalue weighted by Gasteiger charge is 2.39. The van der Waals surface area contributed by atoms with Crippen molar-refractivity contribution in [3.05, 3.63) is 35.0 Å². The number of aryl methyl sites for hydroxylation is 2. The summed E-state index contributed by atoms with van der Waals surface area (Å²) in [5, 5.41) is 3.89. The van der Waals surface area contributed by atoms with Gasteiger partial charge in [-0.1, -0.05) is 6.07 Å². The molecule has 22 heavy (non-hydrogen) atoms. The van der Waals surface area contributed by atoms with Crippen LogP contribution in [0, 0.1) is 13.8 Å². The van der Waals surface area contributed by atoms with Gasteiger partial charge in [-0.3, -0.25) is 4.79 Å². The number of amides is 1. The second-order valence-corrected chi connectivity index (χ2v) is 8.77. The largest absolute Gasteiger partial charge is 0.351 e. The molecule has 6 heteroatoms. The number of sulfone groups is 1. The van der Waals surface area contributed by atoms with Gasteiger partial charge in [0.15, 0.2) is 9.84 Å². The topological polar surface area (TPSA) is 79.0 Å². The normalized spacial score (nSPS) is 23.8. The number of carbonyl (C=O) groups excluding carboxylic acids is 1. The van der Waals surface area contributed by atoms with Gasteiger partial charge in [0.1, 0.15) is 5.69 Å². The first-order chi connectivity index (χ1) is 10.2. The second-order valence-electron chi connectivity index (χ2n) is 6.58. The Morgan fingerprint density at radius 3 is 2.64 bits per heavy atom. The molecule has 1 fully saturated rings. The van der Waals surface area contributed by atoms with E-state index in [1.165, 1.54) is 0 Å². The van der Waals surface area contributed by atoms with Crippen molar-refractivity contribution in [3.63, 3.8) is 0 Å². The van der Waals surface area contributed by atoms with Crippen LogP contribution in [0.4, 0.5) is 0 Å². The maximum Gasteiger partial charge on any atom is 0.268 e. The van der Waals surface area contributed by atoms with E-state index in [1.54, 1.807) is 6.92 Å². The van der Waals surface area contributed by atoms with Gasteiger partial charge in [-0.2, -0.15) is 0 Å². The highest BCUT2D eigenvalue weighted by molar-refractivity contribution is 7.91. The molecule has 1 saturated heterocycles. The first kappa shape index (κ1) is 15.1. The van der Waals surface area contributed by atoms with Crippen LogP contribution in [0.2, 0.25) is 0 Å². The molecule has 1 atom stereocenters. The third-order valence-electron chi connectivity index (χ3n) is 4.25. The lowest BCUT2D eigenvalue weighted by atomic mass is 10.0. The molecule has 1 amide bonds. The molecule has 1 aliphatic rings. The van der Waals surface area contributed by atoms with Crippen LogP contribution in [0.5, 0.6) is 0 Å². The Morgan fingerprint density at radius 1 is 1.27 bits per heavy atom. The van der Waals surface area contributed by atoms with E-state index in [1.807, 2.05) is 26.0 Å². The summed E-state index contributed by atoms with van der Waals surface area (Å²) in [4.78, 5) is 15.6. The van der Waals surface area contributed by atoms with Gasteiger partial charge in [0, 0.05) is 10.9 Å². The van der Waals surface area contributed by atoms with E-state index in [-0.39, 0.29) is 17.4 Å². The lowest BCUT2D eigenvalue weighted by molar-refractivity contribution is 0.0911. The van der Waals surface area contributed by atoms with Crippen molar-refractivity contribution >= 4 is 26.6 Å². The third-order valence-corrected chi connectivity index (χ3v) is 6.16. The van der Waals surface area contributed by atoms with Crippen LogP contribution in [-0.4, -0.2) is 36.4 Å². The average Bonchev–Trinajstić information content (AvgIpc) is 2.90. The van der Waals surface area contributed by atoms with Crippen molar-refractivity contribution in [2.45, 2.75) is 32.7 Å². The average molecular weight is 320 g/mol. The molecule has 3 rings (SSSR count). The van der Waals surface area contributed by atoms with Crippen molar-refractivity contribution in [1.29, 1.82) is 0 Å². The molecule has 0 radical (unpaired) electrons. The van der Waals surface area contributed by atoms with E-state index in [4.69, 9.17) is 0 Å². The van der Waals surface area contributed by atoms with Gasteiger partial charge in [-0.15, -0.1) is 0 Å². The second kappa shape index (κ2) is 4.84. The Bertz CT molecular complexity index is 867. The number of H-pyrrole nitrogens is 1. The van der Waals surface area contributed by atoms with Gasteiger partial charge in [0.05, 0.1) is 17.0 Å². The molecule has 1 aliphatic heterocycles. The minimum atomic E-state index is -3.04. The Morgan fingerprint density at radius 2 is 2.00 bits per heavy atom. The van der Waals surface area contributed by atoms with Gasteiger partial charge in [0.2, 0.25) is 0 Å². The standard InChI is InChI=1S/C16H20N2O3S/c1-10-6-11(2)12-8-14(17-13(12)7-10)15(19)18-16(3)4-5-22(20,21)9-16/h6-8,17H,4-5,9H2,1-3H3,(H,18,19)/t16-/m1/s1.